The minimum absolute atomic E-state index is 0.00448. The molecule has 6 heteroatoms. The van der Waals surface area contributed by atoms with Crippen molar-refractivity contribution in [1.29, 1.82) is 5.41 Å². The molecule has 0 aliphatic heterocycles. The van der Waals surface area contributed by atoms with E-state index in [1.54, 1.807) is 24.3 Å². The largest absolute Gasteiger partial charge is 0.457 e. The van der Waals surface area contributed by atoms with Gasteiger partial charge in [0.05, 0.1) is 4.92 Å². The fraction of sp³-hybridized carbons (Fsp3) is 0. The Hall–Kier alpha value is -2.89. The van der Waals surface area contributed by atoms with Crippen LogP contribution in [0.4, 0.5) is 5.69 Å². The number of nitro groups is 1. The minimum atomic E-state index is -0.472. The molecule has 0 aliphatic rings. The summed E-state index contributed by atoms with van der Waals surface area (Å²) in [7, 11) is 0. The number of rotatable bonds is 4. The summed E-state index contributed by atoms with van der Waals surface area (Å²) in [4.78, 5) is 10.0. The molecule has 0 radical (unpaired) electrons. The van der Waals surface area contributed by atoms with Gasteiger partial charge in [0, 0.05) is 17.7 Å². The maximum atomic E-state index is 10.5. The summed E-state index contributed by atoms with van der Waals surface area (Å²) in [6.07, 6.45) is 0. The third kappa shape index (κ3) is 3.06. The number of nitrogens with two attached hydrogens (primary N) is 1. The maximum Gasteiger partial charge on any atom is 0.269 e. The molecule has 0 aliphatic carbocycles. The van der Waals surface area contributed by atoms with Crippen LogP contribution in [0.2, 0.25) is 0 Å². The lowest BCUT2D eigenvalue weighted by atomic mass is 10.2. The van der Waals surface area contributed by atoms with Gasteiger partial charge in [-0.1, -0.05) is 12.1 Å². The van der Waals surface area contributed by atoms with Crippen LogP contribution < -0.4 is 10.5 Å². The summed E-state index contributed by atoms with van der Waals surface area (Å²) in [5.41, 5.74) is 5.94. The van der Waals surface area contributed by atoms with Crippen molar-refractivity contribution in [3.05, 3.63) is 64.2 Å². The second kappa shape index (κ2) is 5.18. The number of nitrogens with zero attached hydrogens (tertiary/aromatic N) is 1. The first-order valence-electron chi connectivity index (χ1n) is 5.43. The van der Waals surface area contributed by atoms with E-state index in [9.17, 15) is 10.1 Å². The number of non-ortho nitro benzene ring substituents is 1. The Bertz CT molecular complexity index is 623. The van der Waals surface area contributed by atoms with Crippen LogP contribution in [0.5, 0.6) is 11.5 Å². The molecular formula is C13H11N3O3. The average Bonchev–Trinajstić information content (AvgIpc) is 2.39. The molecule has 96 valence electrons. The van der Waals surface area contributed by atoms with Gasteiger partial charge in [-0.25, -0.2) is 0 Å². The molecule has 0 saturated heterocycles. The Kier molecular flexibility index (Phi) is 3.42. The molecule has 2 aromatic carbocycles. The van der Waals surface area contributed by atoms with Gasteiger partial charge in [0.1, 0.15) is 17.3 Å². The van der Waals surface area contributed by atoms with Gasteiger partial charge in [-0.2, -0.15) is 0 Å². The first-order valence-corrected chi connectivity index (χ1v) is 5.43. The van der Waals surface area contributed by atoms with E-state index in [1.807, 2.05) is 0 Å². The molecule has 2 aromatic rings. The number of nitrogen functional groups attached to an aromatic ring is 1. The summed E-state index contributed by atoms with van der Waals surface area (Å²) in [5, 5.41) is 17.9. The molecule has 0 saturated carbocycles. The standard InChI is InChI=1S/C13H11N3O3/c14-13(15)9-2-1-3-12(8-9)19-11-6-4-10(5-7-11)16(17)18/h1-8H,(H3,14,15). The Morgan fingerprint density at radius 2 is 1.84 bits per heavy atom. The Balaban J connectivity index is 2.19. The second-order valence-electron chi connectivity index (χ2n) is 3.79. The van der Waals surface area contributed by atoms with Crippen LogP contribution >= 0.6 is 0 Å². The van der Waals surface area contributed by atoms with Gasteiger partial charge in [-0.15, -0.1) is 0 Å². The highest BCUT2D eigenvalue weighted by atomic mass is 16.6. The summed E-state index contributed by atoms with van der Waals surface area (Å²) >= 11 is 0. The highest BCUT2D eigenvalue weighted by molar-refractivity contribution is 5.95. The zero-order chi connectivity index (χ0) is 13.8. The van der Waals surface area contributed by atoms with E-state index in [1.165, 1.54) is 24.3 Å². The van der Waals surface area contributed by atoms with Gasteiger partial charge in [0.25, 0.3) is 5.69 Å². The molecule has 0 heterocycles. The molecule has 19 heavy (non-hydrogen) atoms. The monoisotopic (exact) mass is 257 g/mol. The number of amidine groups is 1. The van der Waals surface area contributed by atoms with Gasteiger partial charge < -0.3 is 10.5 Å². The minimum Gasteiger partial charge on any atom is -0.457 e. The zero-order valence-electron chi connectivity index (χ0n) is 9.87. The molecular weight excluding hydrogens is 246 g/mol. The van der Waals surface area contributed by atoms with Gasteiger partial charge in [0.15, 0.2) is 0 Å². The van der Waals surface area contributed by atoms with Crippen molar-refractivity contribution in [3.8, 4) is 11.5 Å². The highest BCUT2D eigenvalue weighted by Gasteiger charge is 2.05. The van der Waals surface area contributed by atoms with E-state index in [0.717, 1.165) is 0 Å². The molecule has 3 N–H and O–H groups in total. The molecule has 2 rings (SSSR count). The van der Waals surface area contributed by atoms with Crippen LogP contribution in [-0.4, -0.2) is 10.8 Å². The smallest absolute Gasteiger partial charge is 0.269 e. The van der Waals surface area contributed by atoms with Crippen LogP contribution in [0.15, 0.2) is 48.5 Å². The van der Waals surface area contributed by atoms with Crippen molar-refractivity contribution >= 4 is 11.5 Å². The first-order chi connectivity index (χ1) is 9.06. The fourth-order valence-corrected chi connectivity index (χ4v) is 1.50. The number of benzene rings is 2. The average molecular weight is 257 g/mol. The van der Waals surface area contributed by atoms with Crippen molar-refractivity contribution in [2.75, 3.05) is 0 Å². The highest BCUT2D eigenvalue weighted by Crippen LogP contribution is 2.24. The number of hydrogen-bond donors (Lipinski definition) is 2. The quantitative estimate of drug-likeness (QED) is 0.380. The SMILES string of the molecule is N=C(N)c1cccc(Oc2ccc([N+](=O)[O-])cc2)c1. The third-order valence-electron chi connectivity index (χ3n) is 2.43. The topological polar surface area (TPSA) is 102 Å². The number of ether oxygens (including phenoxy) is 1. The number of nitrogens with one attached hydrogen (secondary N) is 1. The van der Waals surface area contributed by atoms with E-state index in [4.69, 9.17) is 15.9 Å². The summed E-state index contributed by atoms with van der Waals surface area (Å²) in [6.45, 7) is 0. The molecule has 0 amide bonds. The van der Waals surface area contributed by atoms with Gasteiger partial charge in [-0.05, 0) is 24.3 Å². The second-order valence-corrected chi connectivity index (χ2v) is 3.79. The Morgan fingerprint density at radius 3 is 2.42 bits per heavy atom. The molecule has 6 nitrogen and oxygen atoms in total. The van der Waals surface area contributed by atoms with E-state index in [2.05, 4.69) is 0 Å². The summed E-state index contributed by atoms with van der Waals surface area (Å²) < 4.78 is 5.53. The lowest BCUT2D eigenvalue weighted by Gasteiger charge is -2.06. The lowest BCUT2D eigenvalue weighted by molar-refractivity contribution is -0.384. The van der Waals surface area contributed by atoms with E-state index in [-0.39, 0.29) is 11.5 Å². The van der Waals surface area contributed by atoms with Crippen molar-refractivity contribution in [2.45, 2.75) is 0 Å². The third-order valence-corrected chi connectivity index (χ3v) is 2.43. The van der Waals surface area contributed by atoms with Gasteiger partial charge >= 0.3 is 0 Å². The fourth-order valence-electron chi connectivity index (χ4n) is 1.50. The van der Waals surface area contributed by atoms with Gasteiger partial charge in [0.2, 0.25) is 0 Å². The van der Waals surface area contributed by atoms with Crippen LogP contribution in [-0.2, 0) is 0 Å². The van der Waals surface area contributed by atoms with Gasteiger partial charge in [-0.3, -0.25) is 15.5 Å². The maximum absolute atomic E-state index is 10.5. The van der Waals surface area contributed by atoms with E-state index in [0.29, 0.717) is 17.1 Å². The number of hydrogen-bond acceptors (Lipinski definition) is 4. The molecule has 0 aromatic heterocycles. The van der Waals surface area contributed by atoms with Crippen LogP contribution in [0.1, 0.15) is 5.56 Å². The van der Waals surface area contributed by atoms with E-state index >= 15 is 0 Å². The van der Waals surface area contributed by atoms with Crippen molar-refractivity contribution in [3.63, 3.8) is 0 Å². The predicted octanol–water partition coefficient (Wildman–Crippen LogP) is 2.67. The first kappa shape index (κ1) is 12.6. The lowest BCUT2D eigenvalue weighted by Crippen LogP contribution is -2.10. The van der Waals surface area contributed by atoms with Crippen LogP contribution in [0.25, 0.3) is 0 Å². The van der Waals surface area contributed by atoms with Crippen LogP contribution in [0, 0.1) is 15.5 Å². The molecule has 0 fully saturated rings. The Morgan fingerprint density at radius 1 is 1.16 bits per heavy atom. The van der Waals surface area contributed by atoms with Crippen molar-refractivity contribution < 1.29 is 9.66 Å². The Labute approximate surface area is 109 Å². The normalized spacial score (nSPS) is 9.89. The summed E-state index contributed by atoms with van der Waals surface area (Å²) in [5.74, 6) is 0.946. The molecule has 0 bridgehead atoms. The van der Waals surface area contributed by atoms with Crippen molar-refractivity contribution in [1.82, 2.24) is 0 Å². The zero-order valence-corrected chi connectivity index (χ0v) is 9.87. The number of nitro benzene ring substituents is 1. The van der Waals surface area contributed by atoms with Crippen molar-refractivity contribution in [2.24, 2.45) is 5.73 Å². The molecule has 0 unspecified atom stereocenters. The van der Waals surface area contributed by atoms with E-state index < -0.39 is 4.92 Å². The summed E-state index contributed by atoms with van der Waals surface area (Å²) in [6, 6.07) is 12.5. The molecule has 0 atom stereocenters. The predicted molar refractivity (Wildman–Crippen MR) is 70.6 cm³/mol. The van der Waals surface area contributed by atoms with Crippen LogP contribution in [0.3, 0.4) is 0 Å². The molecule has 0 spiro atoms.